The molecule has 1 heterocycles. The maximum atomic E-state index is 11.7. The maximum Gasteiger partial charge on any atom is 0.230 e. The minimum atomic E-state index is -0.210. The van der Waals surface area contributed by atoms with Gasteiger partial charge >= 0.3 is 0 Å². The molecule has 6 nitrogen and oxygen atoms in total. The average Bonchev–Trinajstić information content (AvgIpc) is 2.65. The molecule has 0 saturated heterocycles. The summed E-state index contributed by atoms with van der Waals surface area (Å²) in [6.07, 6.45) is 0. The van der Waals surface area contributed by atoms with Crippen LogP contribution in [0.4, 0.5) is 0 Å². The number of nitrogens with one attached hydrogen (secondary N) is 1. The first-order valence-electron chi connectivity index (χ1n) is 5.93. The summed E-state index contributed by atoms with van der Waals surface area (Å²) in [5.41, 5.74) is 5.36. The monoisotopic (exact) mass is 271 g/mol. The molecule has 0 spiro atoms. The van der Waals surface area contributed by atoms with Crippen molar-refractivity contribution in [3.05, 3.63) is 5.82 Å². The van der Waals surface area contributed by atoms with Crippen LogP contribution in [0.3, 0.4) is 0 Å². The van der Waals surface area contributed by atoms with E-state index in [9.17, 15) is 4.79 Å². The number of hydrogen-bond acceptors (Lipinski definition) is 5. The molecule has 1 amide bonds. The van der Waals surface area contributed by atoms with Gasteiger partial charge in [0.25, 0.3) is 0 Å². The predicted octanol–water partition coefficient (Wildman–Crippen LogP) is 0.763. The average molecular weight is 271 g/mol. The van der Waals surface area contributed by atoms with Crippen LogP contribution in [0, 0.1) is 0 Å². The number of thioether (sulfide) groups is 1. The number of aromatic nitrogens is 3. The summed E-state index contributed by atoms with van der Waals surface area (Å²) in [5.74, 6) is 1.07. The molecular weight excluding hydrogens is 250 g/mol. The van der Waals surface area contributed by atoms with Crippen LogP contribution in [0.5, 0.6) is 0 Å². The van der Waals surface area contributed by atoms with Crippen LogP contribution in [0.15, 0.2) is 5.16 Å². The molecule has 0 atom stereocenters. The Morgan fingerprint density at radius 1 is 1.44 bits per heavy atom. The lowest BCUT2D eigenvalue weighted by molar-refractivity contribution is -0.119. The fourth-order valence-corrected chi connectivity index (χ4v) is 2.30. The van der Waals surface area contributed by atoms with Crippen molar-refractivity contribution >= 4 is 17.7 Å². The smallest absolute Gasteiger partial charge is 0.230 e. The molecule has 0 radical (unpaired) electrons. The third kappa shape index (κ3) is 4.30. The lowest BCUT2D eigenvalue weighted by Crippen LogP contribution is -2.41. The van der Waals surface area contributed by atoms with E-state index in [4.69, 9.17) is 5.73 Å². The molecule has 1 aromatic heterocycles. The van der Waals surface area contributed by atoms with Crippen LogP contribution in [-0.4, -0.2) is 32.0 Å². The van der Waals surface area contributed by atoms with E-state index in [0.29, 0.717) is 12.3 Å². The van der Waals surface area contributed by atoms with Gasteiger partial charge < -0.3 is 15.6 Å². The molecule has 0 fully saturated rings. The Morgan fingerprint density at radius 2 is 2.11 bits per heavy atom. The van der Waals surface area contributed by atoms with E-state index in [1.54, 1.807) is 0 Å². The number of nitrogens with zero attached hydrogens (tertiary/aromatic N) is 3. The van der Waals surface area contributed by atoms with Gasteiger partial charge in [0.15, 0.2) is 5.16 Å². The van der Waals surface area contributed by atoms with Gasteiger partial charge in [0.1, 0.15) is 5.82 Å². The van der Waals surface area contributed by atoms with Crippen molar-refractivity contribution in [2.24, 2.45) is 5.73 Å². The van der Waals surface area contributed by atoms with Gasteiger partial charge in [-0.1, -0.05) is 11.8 Å². The Kier molecular flexibility index (Phi) is 5.15. The number of nitrogens with two attached hydrogens (primary N) is 1. The van der Waals surface area contributed by atoms with Gasteiger partial charge in [0.05, 0.1) is 12.3 Å². The van der Waals surface area contributed by atoms with E-state index in [0.717, 1.165) is 17.5 Å². The Bertz CT molecular complexity index is 410. The standard InChI is InChI=1S/C11H21N5OS/c1-5-16-8(6-12)14-15-10(16)18-7-9(17)13-11(2,3)4/h5-7,12H2,1-4H3,(H,13,17). The highest BCUT2D eigenvalue weighted by molar-refractivity contribution is 7.99. The second-order valence-electron chi connectivity index (χ2n) is 4.93. The molecule has 0 saturated carbocycles. The van der Waals surface area contributed by atoms with E-state index in [-0.39, 0.29) is 11.4 Å². The highest BCUT2D eigenvalue weighted by Crippen LogP contribution is 2.16. The first kappa shape index (κ1) is 15.0. The molecule has 0 bridgehead atoms. The van der Waals surface area contributed by atoms with Gasteiger partial charge in [-0.25, -0.2) is 0 Å². The fourth-order valence-electron chi connectivity index (χ4n) is 1.48. The zero-order chi connectivity index (χ0) is 13.8. The van der Waals surface area contributed by atoms with Crippen LogP contribution in [0.25, 0.3) is 0 Å². The van der Waals surface area contributed by atoms with Crippen molar-refractivity contribution in [1.29, 1.82) is 0 Å². The molecule has 3 N–H and O–H groups in total. The zero-order valence-electron chi connectivity index (χ0n) is 11.4. The highest BCUT2D eigenvalue weighted by atomic mass is 32.2. The quantitative estimate of drug-likeness (QED) is 0.772. The highest BCUT2D eigenvalue weighted by Gasteiger charge is 2.16. The summed E-state index contributed by atoms with van der Waals surface area (Å²) in [6, 6.07) is 0. The Hall–Kier alpha value is -1.08. The third-order valence-electron chi connectivity index (χ3n) is 2.14. The summed E-state index contributed by atoms with van der Waals surface area (Å²) >= 11 is 1.38. The van der Waals surface area contributed by atoms with Crippen LogP contribution >= 0.6 is 11.8 Å². The van der Waals surface area contributed by atoms with Crippen molar-refractivity contribution < 1.29 is 4.79 Å². The third-order valence-corrected chi connectivity index (χ3v) is 3.11. The van der Waals surface area contributed by atoms with Crippen molar-refractivity contribution in [3.8, 4) is 0 Å². The number of carbonyl (C=O) groups is 1. The molecule has 0 aliphatic heterocycles. The van der Waals surface area contributed by atoms with E-state index >= 15 is 0 Å². The molecule has 7 heteroatoms. The van der Waals surface area contributed by atoms with Gasteiger partial charge in [0.2, 0.25) is 5.91 Å². The molecule has 0 aromatic carbocycles. The summed E-state index contributed by atoms with van der Waals surface area (Å²) in [5, 5.41) is 11.7. The van der Waals surface area contributed by atoms with E-state index in [1.807, 2.05) is 32.3 Å². The largest absolute Gasteiger partial charge is 0.351 e. The number of carbonyl (C=O) groups excluding carboxylic acids is 1. The van der Waals surface area contributed by atoms with Gasteiger partial charge in [-0.05, 0) is 27.7 Å². The SMILES string of the molecule is CCn1c(CN)nnc1SCC(=O)NC(C)(C)C. The van der Waals surface area contributed by atoms with Crippen LogP contribution in [0.1, 0.15) is 33.5 Å². The first-order chi connectivity index (χ1) is 8.37. The number of rotatable bonds is 5. The molecule has 0 aliphatic rings. The van der Waals surface area contributed by atoms with E-state index in [2.05, 4.69) is 15.5 Å². The predicted molar refractivity (Wildman–Crippen MR) is 72.2 cm³/mol. The molecule has 0 aliphatic carbocycles. The van der Waals surface area contributed by atoms with Crippen LogP contribution < -0.4 is 11.1 Å². The Balaban J connectivity index is 2.58. The van der Waals surface area contributed by atoms with Crippen LogP contribution in [-0.2, 0) is 17.9 Å². The molecule has 18 heavy (non-hydrogen) atoms. The zero-order valence-corrected chi connectivity index (χ0v) is 12.2. The fraction of sp³-hybridized carbons (Fsp3) is 0.727. The summed E-state index contributed by atoms with van der Waals surface area (Å²) in [6.45, 7) is 8.98. The van der Waals surface area contributed by atoms with Crippen molar-refractivity contribution in [2.75, 3.05) is 5.75 Å². The van der Waals surface area contributed by atoms with Crippen molar-refractivity contribution in [3.63, 3.8) is 0 Å². The summed E-state index contributed by atoms with van der Waals surface area (Å²) in [7, 11) is 0. The minimum Gasteiger partial charge on any atom is -0.351 e. The van der Waals surface area contributed by atoms with E-state index < -0.39 is 0 Å². The molecule has 102 valence electrons. The van der Waals surface area contributed by atoms with Gasteiger partial charge in [-0.15, -0.1) is 10.2 Å². The number of hydrogen-bond donors (Lipinski definition) is 2. The Morgan fingerprint density at radius 3 is 2.61 bits per heavy atom. The molecule has 0 unspecified atom stereocenters. The molecular formula is C11H21N5OS. The minimum absolute atomic E-state index is 0.00699. The summed E-state index contributed by atoms with van der Waals surface area (Å²) < 4.78 is 1.93. The first-order valence-corrected chi connectivity index (χ1v) is 6.92. The second-order valence-corrected chi connectivity index (χ2v) is 5.88. The number of amides is 1. The maximum absolute atomic E-state index is 11.7. The lowest BCUT2D eigenvalue weighted by atomic mass is 10.1. The van der Waals surface area contributed by atoms with Gasteiger partial charge in [-0.3, -0.25) is 4.79 Å². The second kappa shape index (κ2) is 6.19. The van der Waals surface area contributed by atoms with Gasteiger partial charge in [0, 0.05) is 12.1 Å². The Labute approximate surface area is 112 Å². The topological polar surface area (TPSA) is 85.8 Å². The normalized spacial score (nSPS) is 11.6. The van der Waals surface area contributed by atoms with Crippen molar-refractivity contribution in [2.45, 2.75) is 51.5 Å². The van der Waals surface area contributed by atoms with Gasteiger partial charge in [-0.2, -0.15) is 0 Å². The molecule has 1 rings (SSSR count). The van der Waals surface area contributed by atoms with E-state index in [1.165, 1.54) is 11.8 Å². The molecule has 1 aromatic rings. The van der Waals surface area contributed by atoms with Crippen LogP contribution in [0.2, 0.25) is 0 Å². The summed E-state index contributed by atoms with van der Waals surface area (Å²) in [4.78, 5) is 11.7. The van der Waals surface area contributed by atoms with Crippen molar-refractivity contribution in [1.82, 2.24) is 20.1 Å². The lowest BCUT2D eigenvalue weighted by Gasteiger charge is -2.20.